The van der Waals surface area contributed by atoms with E-state index in [0.717, 1.165) is 57.5 Å². The molecule has 2 aliphatic rings. The van der Waals surface area contributed by atoms with E-state index in [-0.39, 0.29) is 11.3 Å². The smallest absolute Gasteiger partial charge is 0.266 e. The molecule has 0 radical (unpaired) electrons. The van der Waals surface area contributed by atoms with Crippen LogP contribution in [0.5, 0.6) is 0 Å². The second kappa shape index (κ2) is 7.91. The summed E-state index contributed by atoms with van der Waals surface area (Å²) < 4.78 is 5.51. The van der Waals surface area contributed by atoms with E-state index >= 15 is 0 Å². The van der Waals surface area contributed by atoms with E-state index in [4.69, 9.17) is 4.52 Å². The van der Waals surface area contributed by atoms with Crippen LogP contribution < -0.4 is 4.90 Å². The first kappa shape index (κ1) is 18.9. The normalized spacial score (nSPS) is 23.0. The molecule has 2 aromatic rings. The van der Waals surface area contributed by atoms with E-state index in [1.165, 1.54) is 0 Å². The number of aromatic nitrogens is 2. The van der Waals surface area contributed by atoms with Crippen LogP contribution in [0.3, 0.4) is 0 Å². The Labute approximate surface area is 166 Å². The Kier molecular flexibility index (Phi) is 5.35. The highest BCUT2D eigenvalue weighted by Crippen LogP contribution is 2.39. The van der Waals surface area contributed by atoms with Gasteiger partial charge in [-0.15, -0.1) is 0 Å². The SMILES string of the molecule is CN(C)CCN1C[C@]2(CCCN(c3noc(-c4ccccc4)n3)C2)CCC1=O. The molecule has 0 N–H and O–H groups in total. The lowest BCUT2D eigenvalue weighted by molar-refractivity contribution is -0.138. The monoisotopic (exact) mass is 383 g/mol. The van der Waals surface area contributed by atoms with E-state index < -0.39 is 0 Å². The number of nitrogens with zero attached hydrogens (tertiary/aromatic N) is 5. The van der Waals surface area contributed by atoms with Gasteiger partial charge in [0.2, 0.25) is 5.91 Å². The van der Waals surface area contributed by atoms with Gasteiger partial charge in [0.05, 0.1) is 0 Å². The van der Waals surface area contributed by atoms with E-state index in [1.54, 1.807) is 0 Å². The lowest BCUT2D eigenvalue weighted by Gasteiger charge is -2.48. The number of rotatable bonds is 5. The van der Waals surface area contributed by atoms with E-state index in [0.29, 0.717) is 18.3 Å². The summed E-state index contributed by atoms with van der Waals surface area (Å²) in [6, 6.07) is 9.86. The van der Waals surface area contributed by atoms with E-state index in [1.807, 2.05) is 44.4 Å². The first-order valence-corrected chi connectivity index (χ1v) is 10.1. The highest BCUT2D eigenvalue weighted by Gasteiger charge is 2.42. The predicted molar refractivity (Wildman–Crippen MR) is 108 cm³/mol. The number of piperidine rings is 2. The van der Waals surface area contributed by atoms with Gasteiger partial charge in [0.25, 0.3) is 11.8 Å². The van der Waals surface area contributed by atoms with Crippen LogP contribution in [0.2, 0.25) is 0 Å². The molecule has 28 heavy (non-hydrogen) atoms. The molecular weight excluding hydrogens is 354 g/mol. The fraction of sp³-hybridized carbons (Fsp3) is 0.571. The second-order valence-corrected chi connectivity index (χ2v) is 8.41. The van der Waals surface area contributed by atoms with Crippen LogP contribution >= 0.6 is 0 Å². The van der Waals surface area contributed by atoms with Crippen LogP contribution in [0.15, 0.2) is 34.9 Å². The maximum atomic E-state index is 12.4. The van der Waals surface area contributed by atoms with Crippen molar-refractivity contribution in [3.63, 3.8) is 0 Å². The Bertz CT molecular complexity index is 806. The molecule has 0 bridgehead atoms. The van der Waals surface area contributed by atoms with Crippen molar-refractivity contribution >= 4 is 11.9 Å². The molecule has 7 heteroatoms. The van der Waals surface area contributed by atoms with Crippen LogP contribution in [-0.4, -0.2) is 72.7 Å². The van der Waals surface area contributed by atoms with Crippen LogP contribution in [0, 0.1) is 5.41 Å². The molecule has 0 aliphatic carbocycles. The Morgan fingerprint density at radius 2 is 2.00 bits per heavy atom. The molecule has 1 atom stereocenters. The van der Waals surface area contributed by atoms with Crippen molar-refractivity contribution in [2.24, 2.45) is 5.41 Å². The summed E-state index contributed by atoms with van der Waals surface area (Å²) >= 11 is 0. The van der Waals surface area contributed by atoms with Gasteiger partial charge in [-0.05, 0) is 50.6 Å². The number of carbonyl (C=O) groups is 1. The van der Waals surface area contributed by atoms with E-state index in [2.05, 4.69) is 24.8 Å². The van der Waals surface area contributed by atoms with Crippen molar-refractivity contribution in [1.29, 1.82) is 0 Å². The average Bonchev–Trinajstić information content (AvgIpc) is 3.20. The third-order valence-corrected chi connectivity index (χ3v) is 5.95. The van der Waals surface area contributed by atoms with E-state index in [9.17, 15) is 4.79 Å². The zero-order chi connectivity index (χ0) is 19.6. The lowest BCUT2D eigenvalue weighted by atomic mass is 9.73. The second-order valence-electron chi connectivity index (χ2n) is 8.41. The van der Waals surface area contributed by atoms with Gasteiger partial charge in [-0.3, -0.25) is 4.79 Å². The highest BCUT2D eigenvalue weighted by molar-refractivity contribution is 5.77. The van der Waals surface area contributed by atoms with Crippen LogP contribution in [0.1, 0.15) is 25.7 Å². The number of likely N-dealkylation sites (N-methyl/N-ethyl adjacent to an activating group) is 1. The molecule has 2 fully saturated rings. The standard InChI is InChI=1S/C21H29N5O2/c1-24(2)13-14-25-15-21(11-9-18(25)27)10-6-12-26(16-21)20-22-19(28-23-20)17-7-4-3-5-8-17/h3-5,7-8H,6,9-16H2,1-2H3/t21-/m0/s1. The number of amides is 1. The number of carbonyl (C=O) groups excluding carboxylic acids is 1. The Morgan fingerprint density at radius 1 is 1.18 bits per heavy atom. The number of benzene rings is 1. The minimum Gasteiger partial charge on any atom is -0.341 e. The average molecular weight is 383 g/mol. The molecule has 7 nitrogen and oxygen atoms in total. The van der Waals surface area contributed by atoms with Crippen molar-refractivity contribution in [2.45, 2.75) is 25.7 Å². The summed E-state index contributed by atoms with van der Waals surface area (Å²) in [4.78, 5) is 23.5. The zero-order valence-corrected chi connectivity index (χ0v) is 16.8. The molecule has 1 amide bonds. The van der Waals surface area contributed by atoms with Gasteiger partial charge < -0.3 is 19.2 Å². The van der Waals surface area contributed by atoms with Crippen molar-refractivity contribution in [1.82, 2.24) is 19.9 Å². The molecular formula is C21H29N5O2. The zero-order valence-electron chi connectivity index (χ0n) is 16.8. The predicted octanol–water partition coefficient (Wildman–Crippen LogP) is 2.51. The highest BCUT2D eigenvalue weighted by atomic mass is 16.5. The van der Waals surface area contributed by atoms with Crippen LogP contribution in [0.25, 0.3) is 11.5 Å². The first-order valence-electron chi connectivity index (χ1n) is 10.1. The van der Waals surface area contributed by atoms with Gasteiger partial charge >= 0.3 is 0 Å². The van der Waals surface area contributed by atoms with Crippen molar-refractivity contribution in [3.8, 4) is 11.5 Å². The maximum absolute atomic E-state index is 12.4. The van der Waals surface area contributed by atoms with Gasteiger partial charge in [0, 0.05) is 50.1 Å². The topological polar surface area (TPSA) is 65.7 Å². The summed E-state index contributed by atoms with van der Waals surface area (Å²) in [6.45, 7) is 4.35. The van der Waals surface area contributed by atoms with Gasteiger partial charge in [0.15, 0.2) is 0 Å². The minimum absolute atomic E-state index is 0.131. The molecule has 0 unspecified atom stereocenters. The molecule has 150 valence electrons. The maximum Gasteiger partial charge on any atom is 0.266 e. The number of likely N-dealkylation sites (tertiary alicyclic amines) is 1. The molecule has 0 saturated carbocycles. The Balaban J connectivity index is 1.47. The fourth-order valence-electron chi connectivity index (χ4n) is 4.38. The first-order chi connectivity index (χ1) is 13.5. The van der Waals surface area contributed by atoms with Crippen molar-refractivity contribution in [3.05, 3.63) is 30.3 Å². The number of hydrogen-bond acceptors (Lipinski definition) is 6. The molecule has 1 spiro atoms. The summed E-state index contributed by atoms with van der Waals surface area (Å²) in [5.74, 6) is 1.51. The summed E-state index contributed by atoms with van der Waals surface area (Å²) in [5.41, 5.74) is 1.07. The number of anilines is 1. The molecule has 2 aliphatic heterocycles. The lowest BCUT2D eigenvalue weighted by Crippen LogP contribution is -2.55. The third-order valence-electron chi connectivity index (χ3n) is 5.95. The third kappa shape index (κ3) is 4.04. The molecule has 2 saturated heterocycles. The molecule has 3 heterocycles. The van der Waals surface area contributed by atoms with Crippen molar-refractivity contribution < 1.29 is 9.32 Å². The van der Waals surface area contributed by atoms with Crippen molar-refractivity contribution in [2.75, 3.05) is 51.7 Å². The molecule has 1 aromatic heterocycles. The summed E-state index contributed by atoms with van der Waals surface area (Å²) in [5, 5.41) is 4.24. The fourth-order valence-corrected chi connectivity index (χ4v) is 4.38. The van der Waals surface area contributed by atoms with Gasteiger partial charge in [-0.1, -0.05) is 18.2 Å². The summed E-state index contributed by atoms with van der Waals surface area (Å²) in [7, 11) is 4.10. The van der Waals surface area contributed by atoms with Crippen LogP contribution in [0.4, 0.5) is 5.95 Å². The van der Waals surface area contributed by atoms with Crippen LogP contribution in [-0.2, 0) is 4.79 Å². The van der Waals surface area contributed by atoms with Gasteiger partial charge in [-0.2, -0.15) is 4.98 Å². The summed E-state index contributed by atoms with van der Waals surface area (Å²) in [6.07, 6.45) is 3.83. The number of hydrogen-bond donors (Lipinski definition) is 0. The molecule has 1 aromatic carbocycles. The minimum atomic E-state index is 0.131. The largest absolute Gasteiger partial charge is 0.341 e. The van der Waals surface area contributed by atoms with Gasteiger partial charge in [-0.25, -0.2) is 0 Å². The Hall–Kier alpha value is -2.41. The molecule has 4 rings (SSSR count). The quantitative estimate of drug-likeness (QED) is 0.790. The Morgan fingerprint density at radius 3 is 2.79 bits per heavy atom. The van der Waals surface area contributed by atoms with Gasteiger partial charge in [0.1, 0.15) is 0 Å².